The van der Waals surface area contributed by atoms with Crippen LogP contribution in [-0.4, -0.2) is 48.5 Å². The van der Waals surface area contributed by atoms with E-state index in [0.29, 0.717) is 24.5 Å². The van der Waals surface area contributed by atoms with Gasteiger partial charge in [0.05, 0.1) is 23.4 Å². The Hall–Kier alpha value is -3.53. The Morgan fingerprint density at radius 1 is 1.25 bits per heavy atom. The van der Waals surface area contributed by atoms with Crippen molar-refractivity contribution in [2.24, 2.45) is 0 Å². The number of amides is 2. The largest absolute Gasteiger partial charge is 0.383 e. The summed E-state index contributed by atoms with van der Waals surface area (Å²) in [6.07, 6.45) is 3.16. The molecule has 0 radical (unpaired) electrons. The van der Waals surface area contributed by atoms with E-state index in [1.165, 1.54) is 31.5 Å². The van der Waals surface area contributed by atoms with Crippen molar-refractivity contribution in [3.8, 4) is 0 Å². The van der Waals surface area contributed by atoms with Gasteiger partial charge in [0.1, 0.15) is 5.69 Å². The molecule has 10 nitrogen and oxygen atoms in total. The van der Waals surface area contributed by atoms with Crippen molar-refractivity contribution < 1.29 is 19.2 Å². The van der Waals surface area contributed by atoms with Gasteiger partial charge in [0.2, 0.25) is 5.91 Å². The van der Waals surface area contributed by atoms with Gasteiger partial charge in [-0.2, -0.15) is 0 Å². The van der Waals surface area contributed by atoms with Crippen molar-refractivity contribution in [1.82, 2.24) is 10.3 Å². The number of carbonyl (C=O) groups is 2. The number of nitrogens with zero attached hydrogens (tertiary/aromatic N) is 2. The van der Waals surface area contributed by atoms with Crippen LogP contribution in [-0.2, 0) is 9.53 Å². The number of benzene rings is 1. The van der Waals surface area contributed by atoms with Gasteiger partial charge in [0.25, 0.3) is 11.6 Å². The zero-order chi connectivity index (χ0) is 20.4. The fraction of sp³-hybridized carbons (Fsp3) is 0.278. The second-order valence-electron chi connectivity index (χ2n) is 5.70. The van der Waals surface area contributed by atoms with Crippen LogP contribution in [0.1, 0.15) is 16.8 Å². The fourth-order valence-electron chi connectivity index (χ4n) is 2.31. The van der Waals surface area contributed by atoms with Crippen LogP contribution in [0.3, 0.4) is 0 Å². The number of nitro groups is 1. The van der Waals surface area contributed by atoms with Gasteiger partial charge in [0.15, 0.2) is 0 Å². The second-order valence-corrected chi connectivity index (χ2v) is 5.70. The molecule has 0 bridgehead atoms. The molecule has 0 unspecified atom stereocenters. The summed E-state index contributed by atoms with van der Waals surface area (Å²) in [6.45, 7) is 0.877. The highest BCUT2D eigenvalue weighted by molar-refractivity contribution is 5.96. The van der Waals surface area contributed by atoms with E-state index in [0.717, 1.165) is 0 Å². The standard InChI is InChI=1S/C18H21N5O5/c1-28-10-9-20-15-5-4-13(11-16(15)23(26)27)18(25)21-8-6-17(24)22-14-3-2-7-19-12-14/h2-5,7,11-12,20H,6,8-10H2,1H3,(H,21,25)(H,22,24). The molecular weight excluding hydrogens is 366 g/mol. The minimum Gasteiger partial charge on any atom is -0.383 e. The van der Waals surface area contributed by atoms with Crippen molar-refractivity contribution in [2.75, 3.05) is 37.4 Å². The van der Waals surface area contributed by atoms with E-state index in [-0.39, 0.29) is 30.1 Å². The Morgan fingerprint density at radius 3 is 2.75 bits per heavy atom. The molecule has 0 saturated carbocycles. The lowest BCUT2D eigenvalue weighted by molar-refractivity contribution is -0.384. The zero-order valence-electron chi connectivity index (χ0n) is 15.3. The molecule has 2 rings (SSSR count). The lowest BCUT2D eigenvalue weighted by atomic mass is 10.1. The maximum Gasteiger partial charge on any atom is 0.293 e. The van der Waals surface area contributed by atoms with E-state index in [4.69, 9.17) is 4.74 Å². The molecule has 0 aliphatic carbocycles. The minimum atomic E-state index is -0.562. The van der Waals surface area contributed by atoms with Crippen LogP contribution in [0.4, 0.5) is 17.1 Å². The van der Waals surface area contributed by atoms with Gasteiger partial charge in [-0.1, -0.05) is 0 Å². The first kappa shape index (κ1) is 20.8. The van der Waals surface area contributed by atoms with Crippen molar-refractivity contribution >= 4 is 28.9 Å². The molecule has 2 amide bonds. The first-order valence-electron chi connectivity index (χ1n) is 8.50. The summed E-state index contributed by atoms with van der Waals surface area (Å²) in [5.74, 6) is -0.780. The van der Waals surface area contributed by atoms with Gasteiger partial charge < -0.3 is 20.7 Å². The van der Waals surface area contributed by atoms with Crippen LogP contribution < -0.4 is 16.0 Å². The maximum atomic E-state index is 12.2. The van der Waals surface area contributed by atoms with Crippen molar-refractivity contribution in [2.45, 2.75) is 6.42 Å². The molecule has 28 heavy (non-hydrogen) atoms. The normalized spacial score (nSPS) is 10.2. The molecule has 1 heterocycles. The Labute approximate surface area is 161 Å². The summed E-state index contributed by atoms with van der Waals surface area (Å²) < 4.78 is 4.89. The maximum absolute atomic E-state index is 12.2. The first-order chi connectivity index (χ1) is 13.5. The van der Waals surface area contributed by atoms with Gasteiger partial charge >= 0.3 is 0 Å². The van der Waals surface area contributed by atoms with Gasteiger partial charge in [-0.05, 0) is 24.3 Å². The predicted molar refractivity (Wildman–Crippen MR) is 103 cm³/mol. The van der Waals surface area contributed by atoms with E-state index in [9.17, 15) is 19.7 Å². The van der Waals surface area contributed by atoms with E-state index >= 15 is 0 Å². The lowest BCUT2D eigenvalue weighted by Gasteiger charge is -2.09. The molecule has 0 atom stereocenters. The molecule has 3 N–H and O–H groups in total. The Morgan fingerprint density at radius 2 is 2.07 bits per heavy atom. The number of hydrogen-bond donors (Lipinski definition) is 3. The van der Waals surface area contributed by atoms with E-state index < -0.39 is 10.8 Å². The van der Waals surface area contributed by atoms with Gasteiger partial charge in [-0.15, -0.1) is 0 Å². The molecule has 1 aromatic carbocycles. The Kier molecular flexibility index (Phi) is 7.85. The Bertz CT molecular complexity index is 828. The quantitative estimate of drug-likeness (QED) is 0.321. The highest BCUT2D eigenvalue weighted by Gasteiger charge is 2.17. The third-order valence-corrected chi connectivity index (χ3v) is 3.66. The van der Waals surface area contributed by atoms with E-state index in [2.05, 4.69) is 20.9 Å². The average Bonchev–Trinajstić information content (AvgIpc) is 2.69. The molecular formula is C18H21N5O5. The van der Waals surface area contributed by atoms with Crippen LogP contribution in [0.5, 0.6) is 0 Å². The van der Waals surface area contributed by atoms with Crippen LogP contribution in [0, 0.1) is 10.1 Å². The molecule has 0 fully saturated rings. The predicted octanol–water partition coefficient (Wildman–Crippen LogP) is 1.81. The minimum absolute atomic E-state index is 0.0549. The number of carbonyl (C=O) groups excluding carboxylic acids is 2. The van der Waals surface area contributed by atoms with Gasteiger partial charge in [-0.25, -0.2) is 0 Å². The summed E-state index contributed by atoms with van der Waals surface area (Å²) in [6, 6.07) is 7.54. The average molecular weight is 387 g/mol. The van der Waals surface area contributed by atoms with E-state index in [1.54, 1.807) is 18.3 Å². The Balaban J connectivity index is 1.89. The number of nitrogens with one attached hydrogen (secondary N) is 3. The molecule has 0 saturated heterocycles. The second kappa shape index (κ2) is 10.6. The molecule has 10 heteroatoms. The van der Waals surface area contributed by atoms with E-state index in [1.807, 2.05) is 0 Å². The fourth-order valence-corrected chi connectivity index (χ4v) is 2.31. The highest BCUT2D eigenvalue weighted by atomic mass is 16.6. The first-order valence-corrected chi connectivity index (χ1v) is 8.50. The summed E-state index contributed by atoms with van der Waals surface area (Å²) in [4.78, 5) is 38.6. The van der Waals surface area contributed by atoms with Crippen molar-refractivity contribution in [3.05, 3.63) is 58.4 Å². The summed E-state index contributed by atoms with van der Waals surface area (Å²) in [5, 5.41) is 19.4. The smallest absolute Gasteiger partial charge is 0.293 e. The zero-order valence-corrected chi connectivity index (χ0v) is 15.3. The number of aromatic nitrogens is 1. The third kappa shape index (κ3) is 6.32. The number of anilines is 2. The molecule has 0 spiro atoms. The topological polar surface area (TPSA) is 135 Å². The number of ether oxygens (including phenoxy) is 1. The molecule has 1 aromatic heterocycles. The highest BCUT2D eigenvalue weighted by Crippen LogP contribution is 2.25. The summed E-state index contributed by atoms with van der Waals surface area (Å²) in [7, 11) is 1.53. The molecule has 0 aliphatic heterocycles. The van der Waals surface area contributed by atoms with Crippen LogP contribution in [0.15, 0.2) is 42.7 Å². The number of hydrogen-bond acceptors (Lipinski definition) is 7. The SMILES string of the molecule is COCCNc1ccc(C(=O)NCCC(=O)Nc2cccnc2)cc1[N+](=O)[O-]. The number of methoxy groups -OCH3 is 1. The van der Waals surface area contributed by atoms with Crippen molar-refractivity contribution in [1.29, 1.82) is 0 Å². The monoisotopic (exact) mass is 387 g/mol. The molecule has 2 aromatic rings. The van der Waals surface area contributed by atoms with Crippen molar-refractivity contribution in [3.63, 3.8) is 0 Å². The summed E-state index contributed by atoms with van der Waals surface area (Å²) >= 11 is 0. The third-order valence-electron chi connectivity index (χ3n) is 3.66. The number of rotatable bonds is 10. The summed E-state index contributed by atoms with van der Waals surface area (Å²) in [5.41, 5.74) is 0.787. The lowest BCUT2D eigenvalue weighted by Crippen LogP contribution is -2.27. The van der Waals surface area contributed by atoms with Crippen LogP contribution in [0.25, 0.3) is 0 Å². The molecule has 0 aliphatic rings. The number of nitro benzene ring substituents is 1. The molecule has 148 valence electrons. The number of pyridine rings is 1. The van der Waals surface area contributed by atoms with Gasteiger partial charge in [0, 0.05) is 44.4 Å². The van der Waals surface area contributed by atoms with Crippen LogP contribution in [0.2, 0.25) is 0 Å². The van der Waals surface area contributed by atoms with Crippen LogP contribution >= 0.6 is 0 Å². The van der Waals surface area contributed by atoms with Gasteiger partial charge in [-0.3, -0.25) is 24.7 Å².